The van der Waals surface area contributed by atoms with Gasteiger partial charge in [-0.3, -0.25) is 14.9 Å². The van der Waals surface area contributed by atoms with Crippen molar-refractivity contribution >= 4 is 29.1 Å². The van der Waals surface area contributed by atoms with Crippen LogP contribution in [0.25, 0.3) is 6.08 Å². The van der Waals surface area contributed by atoms with E-state index in [1.807, 2.05) is 24.3 Å². The number of ether oxygens (including phenoxy) is 1. The minimum absolute atomic E-state index is 0.000916. The van der Waals surface area contributed by atoms with Gasteiger partial charge in [-0.1, -0.05) is 49.7 Å². The summed E-state index contributed by atoms with van der Waals surface area (Å²) < 4.78 is 11.1. The number of hydrogen-bond donors (Lipinski definition) is 0. The van der Waals surface area contributed by atoms with Crippen molar-refractivity contribution in [3.05, 3.63) is 98.5 Å². The van der Waals surface area contributed by atoms with Crippen molar-refractivity contribution in [1.29, 1.82) is 0 Å². The first-order valence-corrected chi connectivity index (χ1v) is 9.69. The third-order valence-corrected chi connectivity index (χ3v) is 4.67. The minimum atomic E-state index is -0.559. The Morgan fingerprint density at radius 1 is 1.17 bits per heavy atom. The fraction of sp³-hybridized carbons (Fsp3) is 0.174. The summed E-state index contributed by atoms with van der Waals surface area (Å²) >= 11 is 5.79. The molecule has 6 nitrogen and oxygen atoms in total. The van der Waals surface area contributed by atoms with E-state index in [2.05, 4.69) is 13.8 Å². The van der Waals surface area contributed by atoms with Gasteiger partial charge in [0.25, 0.3) is 0 Å². The van der Waals surface area contributed by atoms with Crippen LogP contribution in [0.15, 0.2) is 65.1 Å². The van der Waals surface area contributed by atoms with Crippen LogP contribution in [0.1, 0.15) is 47.2 Å². The number of carbonyl (C=O) groups excluding carboxylic acids is 1. The zero-order valence-corrected chi connectivity index (χ0v) is 17.3. The molecule has 0 saturated carbocycles. The van der Waals surface area contributed by atoms with E-state index in [9.17, 15) is 14.9 Å². The van der Waals surface area contributed by atoms with Crippen LogP contribution in [0, 0.1) is 10.1 Å². The van der Waals surface area contributed by atoms with Gasteiger partial charge in [0, 0.05) is 16.7 Å². The number of benzene rings is 2. The van der Waals surface area contributed by atoms with Gasteiger partial charge in [-0.15, -0.1) is 0 Å². The van der Waals surface area contributed by atoms with Crippen molar-refractivity contribution in [3.8, 4) is 5.75 Å². The molecule has 3 rings (SSSR count). The molecule has 0 unspecified atom stereocenters. The van der Waals surface area contributed by atoms with Crippen molar-refractivity contribution in [3.63, 3.8) is 0 Å². The van der Waals surface area contributed by atoms with Crippen LogP contribution >= 0.6 is 11.6 Å². The van der Waals surface area contributed by atoms with E-state index in [-0.39, 0.29) is 28.8 Å². The zero-order chi connectivity index (χ0) is 21.7. The van der Waals surface area contributed by atoms with Gasteiger partial charge in [-0.2, -0.15) is 0 Å². The summed E-state index contributed by atoms with van der Waals surface area (Å²) in [6, 6.07) is 15.1. The van der Waals surface area contributed by atoms with E-state index >= 15 is 0 Å². The minimum Gasteiger partial charge on any atom is -0.479 e. The summed E-state index contributed by atoms with van der Waals surface area (Å²) in [7, 11) is 0. The molecular weight excluding hydrogens is 406 g/mol. The number of rotatable bonds is 8. The van der Waals surface area contributed by atoms with Crippen LogP contribution in [0.5, 0.6) is 5.75 Å². The van der Waals surface area contributed by atoms with Crippen molar-refractivity contribution in [2.45, 2.75) is 26.4 Å². The van der Waals surface area contributed by atoms with Gasteiger partial charge in [0.1, 0.15) is 18.1 Å². The lowest BCUT2D eigenvalue weighted by atomic mass is 10.0. The highest BCUT2D eigenvalue weighted by molar-refractivity contribution is 6.30. The predicted octanol–water partition coefficient (Wildman–Crippen LogP) is 6.44. The summed E-state index contributed by atoms with van der Waals surface area (Å²) in [5, 5.41) is 11.4. The molecule has 2 aromatic carbocycles. The first-order valence-electron chi connectivity index (χ1n) is 9.31. The molecule has 1 heterocycles. The first kappa shape index (κ1) is 21.3. The van der Waals surface area contributed by atoms with E-state index in [1.54, 1.807) is 18.2 Å². The smallest absolute Gasteiger partial charge is 0.312 e. The third kappa shape index (κ3) is 5.36. The standard InChI is InChI=1S/C23H20ClNO5/c1-15(2)16-3-5-17(6-4-16)22(26)11-10-19-8-9-20(30-19)14-29-23-12-7-18(24)13-21(23)25(27)28/h3-13,15H,14H2,1-2H3/b11-10+. The molecule has 0 saturated heterocycles. The lowest BCUT2D eigenvalue weighted by Gasteiger charge is -2.05. The highest BCUT2D eigenvalue weighted by Crippen LogP contribution is 2.30. The monoisotopic (exact) mass is 425 g/mol. The number of hydrogen-bond acceptors (Lipinski definition) is 5. The molecule has 0 aliphatic carbocycles. The number of carbonyl (C=O) groups is 1. The van der Waals surface area contributed by atoms with Crippen LogP contribution in [-0.2, 0) is 6.61 Å². The fourth-order valence-corrected chi connectivity index (χ4v) is 2.92. The summed E-state index contributed by atoms with van der Waals surface area (Å²) in [6.45, 7) is 4.20. The van der Waals surface area contributed by atoms with E-state index in [4.69, 9.17) is 20.8 Å². The Morgan fingerprint density at radius 3 is 2.57 bits per heavy atom. The highest BCUT2D eigenvalue weighted by Gasteiger charge is 2.16. The Hall–Kier alpha value is -3.38. The summed E-state index contributed by atoms with van der Waals surface area (Å²) in [5.74, 6) is 1.32. The van der Waals surface area contributed by atoms with E-state index in [0.29, 0.717) is 23.0 Å². The quantitative estimate of drug-likeness (QED) is 0.179. The predicted molar refractivity (Wildman–Crippen MR) is 115 cm³/mol. The molecule has 30 heavy (non-hydrogen) atoms. The van der Waals surface area contributed by atoms with E-state index in [0.717, 1.165) is 0 Å². The van der Waals surface area contributed by atoms with Crippen molar-refractivity contribution in [2.75, 3.05) is 0 Å². The number of nitrogens with zero attached hydrogens (tertiary/aromatic N) is 1. The largest absolute Gasteiger partial charge is 0.479 e. The van der Waals surface area contributed by atoms with Gasteiger partial charge in [0.05, 0.1) is 4.92 Å². The molecule has 154 valence electrons. The van der Waals surface area contributed by atoms with Gasteiger partial charge in [0.15, 0.2) is 11.5 Å². The second-order valence-corrected chi connectivity index (χ2v) is 7.37. The number of allylic oxidation sites excluding steroid dienone is 1. The molecule has 0 atom stereocenters. The first-order chi connectivity index (χ1) is 14.3. The third-order valence-electron chi connectivity index (χ3n) is 4.43. The van der Waals surface area contributed by atoms with Crippen molar-refractivity contribution < 1.29 is 18.9 Å². The SMILES string of the molecule is CC(C)c1ccc(C(=O)/C=C/c2ccc(COc3ccc(Cl)cc3[N+](=O)[O-])o2)cc1. The molecule has 0 aliphatic heterocycles. The average molecular weight is 426 g/mol. The maximum atomic E-state index is 12.3. The van der Waals surface area contributed by atoms with Crippen LogP contribution in [0.4, 0.5) is 5.69 Å². The average Bonchev–Trinajstić information content (AvgIpc) is 3.19. The fourth-order valence-electron chi connectivity index (χ4n) is 2.75. The van der Waals surface area contributed by atoms with Crippen molar-refractivity contribution in [1.82, 2.24) is 0 Å². The Morgan fingerprint density at radius 2 is 1.90 bits per heavy atom. The molecule has 0 spiro atoms. The molecular formula is C23H20ClNO5. The van der Waals surface area contributed by atoms with Crippen LogP contribution < -0.4 is 4.74 Å². The lowest BCUT2D eigenvalue weighted by Crippen LogP contribution is -1.98. The molecule has 0 bridgehead atoms. The van der Waals surface area contributed by atoms with Gasteiger partial charge < -0.3 is 9.15 Å². The number of ketones is 1. The second-order valence-electron chi connectivity index (χ2n) is 6.94. The number of halogens is 1. The molecule has 3 aromatic rings. The summed E-state index contributed by atoms with van der Waals surface area (Å²) in [5.41, 5.74) is 1.55. The Balaban J connectivity index is 1.62. The maximum Gasteiger partial charge on any atom is 0.312 e. The van der Waals surface area contributed by atoms with Crippen molar-refractivity contribution in [2.24, 2.45) is 0 Å². The van der Waals surface area contributed by atoms with Gasteiger partial charge in [-0.25, -0.2) is 0 Å². The van der Waals surface area contributed by atoms with Crippen LogP contribution in [0.2, 0.25) is 5.02 Å². The number of nitro benzene ring substituents is 1. The van der Waals surface area contributed by atoms with Gasteiger partial charge in [-0.05, 0) is 47.9 Å². The molecule has 0 N–H and O–H groups in total. The molecule has 0 aliphatic rings. The Labute approximate surface area is 178 Å². The second kappa shape index (κ2) is 9.41. The maximum absolute atomic E-state index is 12.3. The van der Waals surface area contributed by atoms with E-state index in [1.165, 1.54) is 29.8 Å². The lowest BCUT2D eigenvalue weighted by molar-refractivity contribution is -0.385. The van der Waals surface area contributed by atoms with E-state index < -0.39 is 4.92 Å². The van der Waals surface area contributed by atoms with Crippen LogP contribution in [-0.4, -0.2) is 10.7 Å². The molecule has 0 radical (unpaired) electrons. The Kier molecular flexibility index (Phi) is 6.69. The number of nitro groups is 1. The highest BCUT2D eigenvalue weighted by atomic mass is 35.5. The number of furan rings is 1. The topological polar surface area (TPSA) is 82.6 Å². The van der Waals surface area contributed by atoms with Crippen LogP contribution in [0.3, 0.4) is 0 Å². The summed E-state index contributed by atoms with van der Waals surface area (Å²) in [4.78, 5) is 22.9. The van der Waals surface area contributed by atoms with Gasteiger partial charge >= 0.3 is 5.69 Å². The molecule has 0 amide bonds. The van der Waals surface area contributed by atoms with Gasteiger partial charge in [0.2, 0.25) is 0 Å². The molecule has 1 aromatic heterocycles. The molecule has 7 heteroatoms. The summed E-state index contributed by atoms with van der Waals surface area (Å²) in [6.07, 6.45) is 3.02. The normalized spacial score (nSPS) is 11.2. The Bertz CT molecular complexity index is 1080. The zero-order valence-electron chi connectivity index (χ0n) is 16.5. The molecule has 0 fully saturated rings.